The van der Waals surface area contributed by atoms with Gasteiger partial charge in [0.25, 0.3) is 0 Å². The molecule has 4 nitrogen and oxygen atoms in total. The summed E-state index contributed by atoms with van der Waals surface area (Å²) in [5, 5.41) is 12.2. The molecule has 4 aromatic rings. The lowest BCUT2D eigenvalue weighted by Gasteiger charge is -2.02. The van der Waals surface area contributed by atoms with Gasteiger partial charge in [-0.15, -0.1) is 11.3 Å². The Labute approximate surface area is 190 Å². The number of nitriles is 1. The second-order valence-corrected chi connectivity index (χ2v) is 7.67. The lowest BCUT2D eigenvalue weighted by Crippen LogP contribution is -2.03. The summed E-state index contributed by atoms with van der Waals surface area (Å²) < 4.78 is 5.34. The van der Waals surface area contributed by atoms with Gasteiger partial charge in [-0.1, -0.05) is 72.8 Å². The number of rotatable bonds is 6. The second-order valence-electron chi connectivity index (χ2n) is 6.81. The first-order chi connectivity index (χ1) is 15.7. The van der Waals surface area contributed by atoms with Gasteiger partial charge in [0, 0.05) is 17.0 Å². The SMILES string of the molecule is N#C/C(=C\c1ccc(OC(=O)/C=C/c2ccccc2)cc1)c1nc(-c2ccccc2)cs1. The molecule has 0 saturated carbocycles. The van der Waals surface area contributed by atoms with Gasteiger partial charge >= 0.3 is 5.97 Å². The zero-order valence-electron chi connectivity index (χ0n) is 17.0. The van der Waals surface area contributed by atoms with Gasteiger partial charge in [0.15, 0.2) is 0 Å². The third kappa shape index (κ3) is 5.45. The molecule has 0 atom stereocenters. The van der Waals surface area contributed by atoms with E-state index in [0.717, 1.165) is 22.4 Å². The van der Waals surface area contributed by atoms with Crippen molar-refractivity contribution in [2.75, 3.05) is 0 Å². The molecule has 154 valence electrons. The number of thiazole rings is 1. The number of benzene rings is 3. The fourth-order valence-electron chi connectivity index (χ4n) is 2.96. The largest absolute Gasteiger partial charge is 0.423 e. The fraction of sp³-hybridized carbons (Fsp3) is 0. The number of nitrogens with zero attached hydrogens (tertiary/aromatic N) is 2. The summed E-state index contributed by atoms with van der Waals surface area (Å²) in [6.45, 7) is 0. The maximum Gasteiger partial charge on any atom is 0.336 e. The maximum absolute atomic E-state index is 12.0. The van der Waals surface area contributed by atoms with Crippen LogP contribution in [0.5, 0.6) is 5.75 Å². The van der Waals surface area contributed by atoms with Crippen molar-refractivity contribution >= 4 is 35.0 Å². The Bertz CT molecular complexity index is 1300. The second kappa shape index (κ2) is 10.2. The third-order valence-electron chi connectivity index (χ3n) is 4.55. The van der Waals surface area contributed by atoms with Crippen molar-refractivity contribution in [3.8, 4) is 23.1 Å². The number of aromatic nitrogens is 1. The summed E-state index contributed by atoms with van der Waals surface area (Å²) in [5.41, 5.74) is 4.08. The van der Waals surface area contributed by atoms with Crippen molar-refractivity contribution in [1.82, 2.24) is 4.98 Å². The normalized spacial score (nSPS) is 11.3. The van der Waals surface area contributed by atoms with Crippen LogP contribution in [0.2, 0.25) is 0 Å². The van der Waals surface area contributed by atoms with Crippen molar-refractivity contribution in [2.24, 2.45) is 0 Å². The molecular formula is C27H18N2O2S. The Hall–Kier alpha value is -4.27. The highest BCUT2D eigenvalue weighted by Crippen LogP contribution is 2.27. The fourth-order valence-corrected chi connectivity index (χ4v) is 3.75. The first-order valence-electron chi connectivity index (χ1n) is 9.89. The highest BCUT2D eigenvalue weighted by molar-refractivity contribution is 7.11. The van der Waals surface area contributed by atoms with Crippen LogP contribution in [0.1, 0.15) is 16.1 Å². The molecule has 0 bridgehead atoms. The van der Waals surface area contributed by atoms with Crippen LogP contribution < -0.4 is 4.74 Å². The van der Waals surface area contributed by atoms with Crippen LogP contribution in [-0.2, 0) is 4.79 Å². The molecule has 4 rings (SSSR count). The van der Waals surface area contributed by atoms with Crippen LogP contribution in [-0.4, -0.2) is 11.0 Å². The third-order valence-corrected chi connectivity index (χ3v) is 5.42. The van der Waals surface area contributed by atoms with Gasteiger partial charge in [-0.2, -0.15) is 5.26 Å². The van der Waals surface area contributed by atoms with E-state index in [4.69, 9.17) is 4.74 Å². The lowest BCUT2D eigenvalue weighted by atomic mass is 10.1. The Balaban J connectivity index is 1.44. The molecular weight excluding hydrogens is 416 g/mol. The summed E-state index contributed by atoms with van der Waals surface area (Å²) >= 11 is 1.43. The number of esters is 1. The molecule has 0 aliphatic carbocycles. The number of hydrogen-bond acceptors (Lipinski definition) is 5. The summed E-state index contributed by atoms with van der Waals surface area (Å²) in [5.74, 6) is -0.0185. The minimum Gasteiger partial charge on any atom is -0.423 e. The van der Waals surface area contributed by atoms with Gasteiger partial charge in [0.1, 0.15) is 16.8 Å². The quantitative estimate of drug-likeness (QED) is 0.151. The van der Waals surface area contributed by atoms with Crippen molar-refractivity contribution in [1.29, 1.82) is 5.26 Å². The first kappa shape index (κ1) is 21.0. The van der Waals surface area contributed by atoms with Gasteiger partial charge < -0.3 is 4.74 Å². The van der Waals surface area contributed by atoms with Gasteiger partial charge in [0.05, 0.1) is 11.3 Å². The predicted octanol–water partition coefficient (Wildman–Crippen LogP) is 6.49. The molecule has 0 N–H and O–H groups in total. The monoisotopic (exact) mass is 434 g/mol. The standard InChI is InChI=1S/C27H18N2O2S/c28-18-23(27-29-25(19-32-27)22-9-5-2-6-10-22)17-21-11-14-24(15-12-21)31-26(30)16-13-20-7-3-1-4-8-20/h1-17,19H/b16-13+,23-17+. The molecule has 0 fully saturated rings. The lowest BCUT2D eigenvalue weighted by molar-refractivity contribution is -0.128. The molecule has 32 heavy (non-hydrogen) atoms. The van der Waals surface area contributed by atoms with E-state index >= 15 is 0 Å². The number of allylic oxidation sites excluding steroid dienone is 1. The predicted molar refractivity (Wildman–Crippen MR) is 129 cm³/mol. The van der Waals surface area contributed by atoms with E-state index in [1.54, 1.807) is 36.4 Å². The molecule has 0 spiro atoms. The molecule has 1 aromatic heterocycles. The molecule has 0 saturated heterocycles. The van der Waals surface area contributed by atoms with Crippen LogP contribution in [0.25, 0.3) is 29.0 Å². The molecule has 0 unspecified atom stereocenters. The Morgan fingerprint density at radius 3 is 2.28 bits per heavy atom. The van der Waals surface area contributed by atoms with Gasteiger partial charge in [-0.05, 0) is 35.4 Å². The zero-order valence-corrected chi connectivity index (χ0v) is 17.8. The topological polar surface area (TPSA) is 63.0 Å². The maximum atomic E-state index is 12.0. The Morgan fingerprint density at radius 1 is 0.906 bits per heavy atom. The minimum atomic E-state index is -0.453. The summed E-state index contributed by atoms with van der Waals surface area (Å²) in [6.07, 6.45) is 4.87. The van der Waals surface area contributed by atoms with E-state index in [9.17, 15) is 10.1 Å². The molecule has 3 aromatic carbocycles. The number of carbonyl (C=O) groups excluding carboxylic acids is 1. The summed E-state index contributed by atoms with van der Waals surface area (Å²) in [7, 11) is 0. The molecule has 1 heterocycles. The molecule has 0 aliphatic heterocycles. The van der Waals surface area contributed by atoms with Gasteiger partial charge in [-0.25, -0.2) is 9.78 Å². The smallest absolute Gasteiger partial charge is 0.336 e. The van der Waals surface area contributed by atoms with E-state index in [1.807, 2.05) is 66.0 Å². The highest BCUT2D eigenvalue weighted by Gasteiger charge is 2.09. The summed E-state index contributed by atoms with van der Waals surface area (Å²) in [6, 6.07) is 28.6. The average molecular weight is 435 g/mol. The number of carbonyl (C=O) groups is 1. The Morgan fingerprint density at radius 2 is 1.59 bits per heavy atom. The molecule has 0 amide bonds. The van der Waals surface area contributed by atoms with Crippen LogP contribution in [0.4, 0.5) is 0 Å². The van der Waals surface area contributed by atoms with Crippen molar-refractivity contribution in [2.45, 2.75) is 0 Å². The van der Waals surface area contributed by atoms with Crippen molar-refractivity contribution in [3.05, 3.63) is 113 Å². The highest BCUT2D eigenvalue weighted by atomic mass is 32.1. The van der Waals surface area contributed by atoms with Gasteiger partial charge in [0.2, 0.25) is 0 Å². The van der Waals surface area contributed by atoms with Crippen molar-refractivity contribution < 1.29 is 9.53 Å². The summed E-state index contributed by atoms with van der Waals surface area (Å²) in [4.78, 5) is 16.6. The number of hydrogen-bond donors (Lipinski definition) is 0. The van der Waals surface area contributed by atoms with E-state index in [2.05, 4.69) is 11.1 Å². The molecule has 0 radical (unpaired) electrons. The van der Waals surface area contributed by atoms with Crippen LogP contribution in [0.3, 0.4) is 0 Å². The number of ether oxygens (including phenoxy) is 1. The van der Waals surface area contributed by atoms with Crippen LogP contribution in [0.15, 0.2) is 96.4 Å². The molecule has 0 aliphatic rings. The van der Waals surface area contributed by atoms with E-state index in [1.165, 1.54) is 17.4 Å². The van der Waals surface area contributed by atoms with Crippen LogP contribution >= 0.6 is 11.3 Å². The Kier molecular flexibility index (Phi) is 6.66. The molecule has 5 heteroatoms. The minimum absolute atomic E-state index is 0.434. The van der Waals surface area contributed by atoms with E-state index in [0.29, 0.717) is 16.3 Å². The van der Waals surface area contributed by atoms with E-state index < -0.39 is 5.97 Å². The average Bonchev–Trinajstić information content (AvgIpc) is 3.34. The van der Waals surface area contributed by atoms with E-state index in [-0.39, 0.29) is 0 Å². The van der Waals surface area contributed by atoms with Crippen molar-refractivity contribution in [3.63, 3.8) is 0 Å². The zero-order chi connectivity index (χ0) is 22.2. The van der Waals surface area contributed by atoms with Gasteiger partial charge in [-0.3, -0.25) is 0 Å². The van der Waals surface area contributed by atoms with Crippen LogP contribution in [0, 0.1) is 11.3 Å². The first-order valence-corrected chi connectivity index (χ1v) is 10.8.